The fourth-order valence-corrected chi connectivity index (χ4v) is 2.75. The first kappa shape index (κ1) is 23.2. The van der Waals surface area contributed by atoms with Gasteiger partial charge in [0.05, 0.1) is 11.0 Å². The van der Waals surface area contributed by atoms with Crippen molar-refractivity contribution in [3.8, 4) is 0 Å². The molecule has 8 nitrogen and oxygen atoms in total. The van der Waals surface area contributed by atoms with Crippen LogP contribution in [0.15, 0.2) is 18.2 Å². The Bertz CT molecular complexity index is 951. The van der Waals surface area contributed by atoms with Crippen LogP contribution in [0.3, 0.4) is 0 Å². The third-order valence-corrected chi connectivity index (χ3v) is 4.53. The molecule has 11 heteroatoms. The Hall–Kier alpha value is -3.11. The second-order valence-electron chi connectivity index (χ2n) is 6.89. The van der Waals surface area contributed by atoms with Gasteiger partial charge in [-0.25, -0.2) is 9.78 Å². The van der Waals surface area contributed by atoms with Gasteiger partial charge in [0, 0.05) is 19.0 Å². The number of aromatic nitrogens is 2. The van der Waals surface area contributed by atoms with Crippen LogP contribution in [0.1, 0.15) is 44.1 Å². The zero-order valence-electron chi connectivity index (χ0n) is 16.4. The van der Waals surface area contributed by atoms with Crippen LogP contribution in [0.4, 0.5) is 13.2 Å². The minimum Gasteiger partial charge on any atom is -0.481 e. The van der Waals surface area contributed by atoms with Gasteiger partial charge in [-0.2, -0.15) is 13.2 Å². The van der Waals surface area contributed by atoms with Gasteiger partial charge in [0.25, 0.3) is 0 Å². The van der Waals surface area contributed by atoms with Crippen LogP contribution in [0, 0.1) is 5.92 Å². The normalized spacial score (nSPS) is 14.6. The summed E-state index contributed by atoms with van der Waals surface area (Å²) in [6.45, 7) is 3.80. The van der Waals surface area contributed by atoms with E-state index in [9.17, 15) is 22.8 Å². The number of fused-ring (bicyclic) bond motifs is 1. The average Bonchev–Trinajstić information content (AvgIpc) is 3.44. The predicted octanol–water partition coefficient (Wildman–Crippen LogP) is 2.90. The van der Waals surface area contributed by atoms with E-state index in [0.29, 0.717) is 12.6 Å². The lowest BCUT2D eigenvalue weighted by molar-refractivity contribution is -0.192. The van der Waals surface area contributed by atoms with Gasteiger partial charge in [0.15, 0.2) is 0 Å². The van der Waals surface area contributed by atoms with E-state index in [4.69, 9.17) is 20.0 Å². The molecule has 1 aromatic heterocycles. The van der Waals surface area contributed by atoms with E-state index in [1.165, 1.54) is 19.8 Å². The fraction of sp³-hybridized carbons (Fsp3) is 0.474. The quantitative estimate of drug-likeness (QED) is 0.607. The molecule has 1 atom stereocenters. The molecule has 1 aromatic carbocycles. The number of halogens is 3. The van der Waals surface area contributed by atoms with E-state index in [0.717, 1.165) is 28.8 Å². The van der Waals surface area contributed by atoms with E-state index in [2.05, 4.69) is 16.8 Å². The number of amides is 1. The highest BCUT2D eigenvalue weighted by atomic mass is 19.4. The number of benzene rings is 1. The van der Waals surface area contributed by atoms with Crippen LogP contribution < -0.4 is 5.32 Å². The van der Waals surface area contributed by atoms with Crippen molar-refractivity contribution in [3.63, 3.8) is 0 Å². The molecule has 0 spiro atoms. The summed E-state index contributed by atoms with van der Waals surface area (Å²) < 4.78 is 34.1. The van der Waals surface area contributed by atoms with Gasteiger partial charge in [0.1, 0.15) is 11.7 Å². The lowest BCUT2D eigenvalue weighted by Crippen LogP contribution is -2.33. The van der Waals surface area contributed by atoms with Crippen molar-refractivity contribution in [3.05, 3.63) is 29.6 Å². The number of hydrogen-bond donors (Lipinski definition) is 3. The number of aliphatic carboxylic acids is 2. The maximum absolute atomic E-state index is 11.7. The number of rotatable bonds is 6. The van der Waals surface area contributed by atoms with Crippen molar-refractivity contribution in [2.45, 2.75) is 51.9 Å². The highest BCUT2D eigenvalue weighted by molar-refractivity contribution is 5.96. The Kier molecular flexibility index (Phi) is 7.06. The number of hydrogen-bond acceptors (Lipinski definition) is 4. The standard InChI is InChI=1S/C17H21N3O3.C2HF3O2/c1-3-15-19-13-8-11(9-18-16(21)10(2)17(22)23)4-7-14(13)20(15)12-5-6-12;3-2(4,5)1(6)7/h4,7-8,10,12H,3,5-6,9H2,1-2H3,(H,18,21)(H,22,23);(H,6,7). The number of carboxylic acid groups (broad SMARTS) is 2. The summed E-state index contributed by atoms with van der Waals surface area (Å²) in [7, 11) is 0. The Morgan fingerprint density at radius 3 is 2.33 bits per heavy atom. The SMILES string of the molecule is CCc1nc2cc(CNC(=O)C(C)C(=O)O)ccc2n1C1CC1.O=C(O)C(F)(F)F. The Labute approximate surface area is 169 Å². The summed E-state index contributed by atoms with van der Waals surface area (Å²) in [5, 5.41) is 18.6. The van der Waals surface area contributed by atoms with Crippen molar-refractivity contribution < 1.29 is 37.8 Å². The number of nitrogens with one attached hydrogen (secondary N) is 1. The highest BCUT2D eigenvalue weighted by Crippen LogP contribution is 2.38. The summed E-state index contributed by atoms with van der Waals surface area (Å²) in [5.41, 5.74) is 3.00. The second-order valence-corrected chi connectivity index (χ2v) is 6.89. The zero-order chi connectivity index (χ0) is 22.6. The Morgan fingerprint density at radius 2 is 1.87 bits per heavy atom. The van der Waals surface area contributed by atoms with Gasteiger partial charge in [-0.3, -0.25) is 9.59 Å². The summed E-state index contributed by atoms with van der Waals surface area (Å²) in [5.74, 6) is -4.29. The van der Waals surface area contributed by atoms with Gasteiger partial charge >= 0.3 is 18.1 Å². The molecule has 1 unspecified atom stereocenters. The van der Waals surface area contributed by atoms with E-state index in [1.54, 1.807) is 0 Å². The monoisotopic (exact) mass is 429 g/mol. The van der Waals surface area contributed by atoms with Crippen molar-refractivity contribution >= 4 is 28.9 Å². The van der Waals surface area contributed by atoms with Crippen LogP contribution >= 0.6 is 0 Å². The number of nitrogens with zero attached hydrogens (tertiary/aromatic N) is 2. The molecule has 1 fully saturated rings. The molecule has 1 amide bonds. The van der Waals surface area contributed by atoms with Gasteiger partial charge < -0.3 is 20.1 Å². The second kappa shape index (κ2) is 9.14. The minimum absolute atomic E-state index is 0.310. The topological polar surface area (TPSA) is 122 Å². The molecule has 0 saturated heterocycles. The first-order valence-corrected chi connectivity index (χ1v) is 9.26. The van der Waals surface area contributed by atoms with E-state index < -0.39 is 29.9 Å². The largest absolute Gasteiger partial charge is 0.490 e. The van der Waals surface area contributed by atoms with Crippen molar-refractivity contribution in [2.75, 3.05) is 0 Å². The first-order valence-electron chi connectivity index (χ1n) is 9.26. The molecule has 1 aliphatic carbocycles. The van der Waals surface area contributed by atoms with Crippen molar-refractivity contribution in [1.82, 2.24) is 14.9 Å². The molecule has 0 bridgehead atoms. The summed E-state index contributed by atoms with van der Waals surface area (Å²) in [4.78, 5) is 36.1. The molecule has 2 aromatic rings. The molecule has 0 radical (unpaired) electrons. The van der Waals surface area contributed by atoms with Gasteiger partial charge in [-0.1, -0.05) is 13.0 Å². The van der Waals surface area contributed by atoms with E-state index in [-0.39, 0.29) is 0 Å². The zero-order valence-corrected chi connectivity index (χ0v) is 16.4. The van der Waals surface area contributed by atoms with E-state index in [1.807, 2.05) is 18.2 Å². The average molecular weight is 429 g/mol. The van der Waals surface area contributed by atoms with Crippen LogP contribution in [-0.4, -0.2) is 43.8 Å². The van der Waals surface area contributed by atoms with Crippen molar-refractivity contribution in [1.29, 1.82) is 0 Å². The molecule has 1 saturated carbocycles. The smallest absolute Gasteiger partial charge is 0.481 e. The predicted molar refractivity (Wildman–Crippen MR) is 99.7 cm³/mol. The maximum atomic E-state index is 11.7. The molecule has 164 valence electrons. The van der Waals surface area contributed by atoms with Crippen LogP contribution in [0.25, 0.3) is 11.0 Å². The molecule has 0 aliphatic heterocycles. The number of carbonyl (C=O) groups excluding carboxylic acids is 1. The molecule has 1 aliphatic rings. The molecule has 1 heterocycles. The van der Waals surface area contributed by atoms with Crippen LogP contribution in [0.5, 0.6) is 0 Å². The maximum Gasteiger partial charge on any atom is 0.490 e. The minimum atomic E-state index is -5.08. The van der Waals surface area contributed by atoms with Gasteiger partial charge in [-0.15, -0.1) is 0 Å². The number of carboxylic acids is 2. The lowest BCUT2D eigenvalue weighted by Gasteiger charge is -2.09. The number of alkyl halides is 3. The highest BCUT2D eigenvalue weighted by Gasteiger charge is 2.38. The summed E-state index contributed by atoms with van der Waals surface area (Å²) >= 11 is 0. The number of imidazole rings is 1. The Morgan fingerprint density at radius 1 is 1.27 bits per heavy atom. The molecule has 3 N–H and O–H groups in total. The summed E-state index contributed by atoms with van der Waals surface area (Å²) in [6, 6.07) is 6.56. The van der Waals surface area contributed by atoms with Crippen LogP contribution in [0.2, 0.25) is 0 Å². The fourth-order valence-electron chi connectivity index (χ4n) is 2.75. The molecular formula is C19H22F3N3O5. The number of aryl methyl sites for hydroxylation is 1. The van der Waals surface area contributed by atoms with E-state index >= 15 is 0 Å². The molecule has 30 heavy (non-hydrogen) atoms. The van der Waals surface area contributed by atoms with Crippen molar-refractivity contribution in [2.24, 2.45) is 5.92 Å². The van der Waals surface area contributed by atoms with Gasteiger partial charge in [0.2, 0.25) is 5.91 Å². The van der Waals surface area contributed by atoms with Gasteiger partial charge in [-0.05, 0) is 37.5 Å². The Balaban J connectivity index is 0.000000396. The molecule has 3 rings (SSSR count). The number of carbonyl (C=O) groups is 3. The molecular weight excluding hydrogens is 407 g/mol. The third kappa shape index (κ3) is 5.71. The lowest BCUT2D eigenvalue weighted by atomic mass is 10.1. The van der Waals surface area contributed by atoms with Crippen LogP contribution in [-0.2, 0) is 27.3 Å². The summed E-state index contributed by atoms with van der Waals surface area (Å²) in [6.07, 6.45) is -1.76. The third-order valence-electron chi connectivity index (χ3n) is 4.53. The first-order chi connectivity index (χ1) is 14.0.